The van der Waals surface area contributed by atoms with E-state index in [1.165, 1.54) is 6.33 Å². The third-order valence-corrected chi connectivity index (χ3v) is 4.95. The summed E-state index contributed by atoms with van der Waals surface area (Å²) in [5.41, 5.74) is -6.63. The average Bonchev–Trinajstić information content (AvgIpc) is 3.39. The van der Waals surface area contributed by atoms with E-state index in [1.54, 1.807) is 12.5 Å². The maximum absolute atomic E-state index is 10.3. The van der Waals surface area contributed by atoms with Gasteiger partial charge in [-0.3, -0.25) is 28.8 Å². The first kappa shape index (κ1) is 51.1. The molecule has 0 bridgehead atoms. The van der Waals surface area contributed by atoms with E-state index in [0.717, 1.165) is 5.52 Å². The second kappa shape index (κ2) is 22.6. The lowest BCUT2D eigenvalue weighted by molar-refractivity contribution is -0.170. The molecule has 2 rings (SSSR count). The fraction of sp³-hybridized carbons (Fsp3) is 0.391. The van der Waals surface area contributed by atoms with Gasteiger partial charge in [0, 0.05) is 0 Å². The number of carboxylic acids is 9. The molecule has 2 aromatic heterocycles. The summed E-state index contributed by atoms with van der Waals surface area (Å²) in [7, 11) is -4.64. The van der Waals surface area contributed by atoms with Crippen LogP contribution in [-0.4, -0.2) is 166 Å². The Morgan fingerprint density at radius 1 is 0.528 bits per heavy atom. The van der Waals surface area contributed by atoms with Crippen LogP contribution in [0.25, 0.3) is 11.2 Å². The van der Waals surface area contributed by atoms with Gasteiger partial charge in [-0.2, -0.15) is 0 Å². The van der Waals surface area contributed by atoms with E-state index in [-0.39, 0.29) is 0 Å². The first-order valence-electron chi connectivity index (χ1n) is 12.9. The molecule has 0 atom stereocenters. The Hall–Kier alpha value is -6.23. The van der Waals surface area contributed by atoms with Crippen molar-refractivity contribution < 1.29 is 124 Å². The Bertz CT molecular complexity index is 1460. The molecule has 0 aromatic carbocycles. The lowest BCUT2D eigenvalue weighted by Gasteiger charge is -2.18. The molecule has 0 aliphatic rings. The minimum atomic E-state index is -4.64. The maximum atomic E-state index is 10.3. The number of aliphatic hydroxyl groups is 3. The Kier molecular flexibility index (Phi) is 21.8. The molecule has 0 fully saturated rings. The highest BCUT2D eigenvalue weighted by Gasteiger charge is 2.42. The van der Waals surface area contributed by atoms with Crippen LogP contribution in [0.2, 0.25) is 0 Å². The summed E-state index contributed by atoms with van der Waals surface area (Å²) < 4.78 is 8.88. The lowest BCUT2D eigenvalue weighted by atomic mass is 9.96. The van der Waals surface area contributed by atoms with Gasteiger partial charge in [0.1, 0.15) is 11.8 Å². The molecular formula is C23H31N4O25P. The molecule has 0 aliphatic carbocycles. The maximum Gasteiger partial charge on any atom is 0.466 e. The van der Waals surface area contributed by atoms with Crippen molar-refractivity contribution in [3.8, 4) is 0 Å². The molecule has 0 aliphatic heterocycles. The summed E-state index contributed by atoms with van der Waals surface area (Å²) in [5, 5.41) is 101. The lowest BCUT2D eigenvalue weighted by Crippen LogP contribution is -2.42. The van der Waals surface area contributed by atoms with Crippen LogP contribution in [0.3, 0.4) is 0 Å². The van der Waals surface area contributed by atoms with E-state index in [0.29, 0.717) is 5.65 Å². The number of carboxylic acid groups (broad SMARTS) is 9. The topological polar surface area (TPSA) is 529 Å². The SMILES string of the molecule is O=C(O)CC(O)(CC(=O)O)C(=O)O.O=C(O)CC(O)(CC(=O)O)C(=O)O.O=C(O)CC(O)(CC(=O)O)C(=O)O.O=P(O)(O)O.c1ncc2[nH]cnc2n1. The zero-order chi connectivity index (χ0) is 42.5. The van der Waals surface area contributed by atoms with Crippen LogP contribution in [0.4, 0.5) is 0 Å². The second-order valence-electron chi connectivity index (χ2n) is 9.61. The Morgan fingerprint density at radius 3 is 0.962 bits per heavy atom. The van der Waals surface area contributed by atoms with Gasteiger partial charge in [0.2, 0.25) is 0 Å². The number of nitrogens with zero attached hydrogens (tertiary/aromatic N) is 3. The number of hydrogen-bond acceptors (Lipinski definition) is 16. The number of aromatic nitrogens is 4. The molecule has 16 N–H and O–H groups in total. The van der Waals surface area contributed by atoms with E-state index in [2.05, 4.69) is 19.9 Å². The zero-order valence-corrected chi connectivity index (χ0v) is 26.9. The summed E-state index contributed by atoms with van der Waals surface area (Å²) in [6.45, 7) is 0. The number of hydrogen-bond donors (Lipinski definition) is 16. The van der Waals surface area contributed by atoms with Crippen molar-refractivity contribution in [2.75, 3.05) is 0 Å². The van der Waals surface area contributed by atoms with Gasteiger partial charge in [0.15, 0.2) is 22.5 Å². The summed E-state index contributed by atoms with van der Waals surface area (Å²) in [4.78, 5) is 128. The number of H-pyrrole nitrogens is 1. The van der Waals surface area contributed by atoms with Crippen LogP contribution in [0.5, 0.6) is 0 Å². The summed E-state index contributed by atoms with van der Waals surface area (Å²) in [6, 6.07) is 0. The van der Waals surface area contributed by atoms with Gasteiger partial charge in [-0.15, -0.1) is 0 Å². The minimum Gasteiger partial charge on any atom is -0.481 e. The van der Waals surface area contributed by atoms with Crippen LogP contribution in [-0.2, 0) is 47.7 Å². The Morgan fingerprint density at radius 2 is 0.774 bits per heavy atom. The number of phosphoric acid groups is 1. The molecule has 0 saturated carbocycles. The molecule has 298 valence electrons. The number of aliphatic carboxylic acids is 9. The van der Waals surface area contributed by atoms with E-state index in [9.17, 15) is 43.2 Å². The predicted octanol–water partition coefficient (Wildman–Crippen LogP) is -4.32. The fourth-order valence-corrected chi connectivity index (χ4v) is 2.83. The van der Waals surface area contributed by atoms with Crippen LogP contribution in [0.15, 0.2) is 18.9 Å². The number of carbonyl (C=O) groups is 9. The summed E-state index contributed by atoms with van der Waals surface area (Å²) in [6.07, 6.45) is -2.10. The molecular weight excluding hydrogens is 763 g/mol. The largest absolute Gasteiger partial charge is 0.481 e. The van der Waals surface area contributed by atoms with Crippen molar-refractivity contribution >= 4 is 72.7 Å². The smallest absolute Gasteiger partial charge is 0.466 e. The molecule has 30 heteroatoms. The molecule has 0 saturated heterocycles. The molecule has 2 heterocycles. The van der Waals surface area contributed by atoms with Crippen LogP contribution >= 0.6 is 7.82 Å². The number of imidazole rings is 1. The van der Waals surface area contributed by atoms with E-state index >= 15 is 0 Å². The van der Waals surface area contributed by atoms with Gasteiger partial charge in [0.25, 0.3) is 0 Å². The molecule has 0 amide bonds. The fourth-order valence-electron chi connectivity index (χ4n) is 2.83. The third kappa shape index (κ3) is 25.4. The monoisotopic (exact) mass is 794 g/mol. The molecule has 0 spiro atoms. The van der Waals surface area contributed by atoms with Gasteiger partial charge in [0.05, 0.1) is 51.0 Å². The average molecular weight is 794 g/mol. The normalized spacial score (nSPS) is 10.8. The highest BCUT2D eigenvalue weighted by Crippen LogP contribution is 2.25. The van der Waals surface area contributed by atoms with Crippen LogP contribution in [0.1, 0.15) is 38.5 Å². The Labute approximate surface area is 290 Å². The molecule has 2 aromatic rings. The van der Waals surface area contributed by atoms with Crippen LogP contribution in [0, 0.1) is 0 Å². The highest BCUT2D eigenvalue weighted by atomic mass is 31.2. The standard InChI is InChI=1S/3C6H8O7.C5H4N4.H3O4P/c3*7-3(8)1-6(13,5(11)12)2-4(9)10;1-4-5(8-2-6-1)9-3-7-4;1-5(2,3)4/h3*13H,1-2H2,(H,7,8)(H,9,10)(H,11,12);1-3H,(H,6,7,8,9);(H3,1,2,3,4). The van der Waals surface area contributed by atoms with Gasteiger partial charge in [-0.1, -0.05) is 0 Å². The minimum absolute atomic E-state index is 0.713. The van der Waals surface area contributed by atoms with Crippen molar-refractivity contribution in [1.29, 1.82) is 0 Å². The first-order chi connectivity index (χ1) is 23.8. The van der Waals surface area contributed by atoms with E-state index in [4.69, 9.17) is 80.5 Å². The van der Waals surface area contributed by atoms with E-state index < -0.39 is 117 Å². The number of fused-ring (bicyclic) bond motifs is 1. The van der Waals surface area contributed by atoms with Crippen molar-refractivity contribution in [1.82, 2.24) is 19.9 Å². The number of rotatable bonds is 15. The first-order valence-corrected chi connectivity index (χ1v) is 14.4. The number of nitrogens with one attached hydrogen (secondary N) is 1. The zero-order valence-electron chi connectivity index (χ0n) is 26.1. The van der Waals surface area contributed by atoms with Gasteiger partial charge < -0.3 is 80.9 Å². The van der Waals surface area contributed by atoms with Gasteiger partial charge >= 0.3 is 61.5 Å². The Balaban J connectivity index is -0.000000605. The summed E-state index contributed by atoms with van der Waals surface area (Å²) >= 11 is 0. The van der Waals surface area contributed by atoms with Gasteiger partial charge in [-0.25, -0.2) is 33.9 Å². The predicted molar refractivity (Wildman–Crippen MR) is 157 cm³/mol. The van der Waals surface area contributed by atoms with Crippen LogP contribution < -0.4 is 0 Å². The van der Waals surface area contributed by atoms with Crippen molar-refractivity contribution in [3.63, 3.8) is 0 Å². The second-order valence-corrected chi connectivity index (χ2v) is 10.6. The molecule has 0 unspecified atom stereocenters. The summed E-state index contributed by atoms with van der Waals surface area (Å²) in [5.74, 6) is -15.1. The van der Waals surface area contributed by atoms with Crippen molar-refractivity contribution in [3.05, 3.63) is 18.9 Å². The molecule has 53 heavy (non-hydrogen) atoms. The van der Waals surface area contributed by atoms with E-state index in [1.807, 2.05) is 0 Å². The third-order valence-electron chi connectivity index (χ3n) is 4.95. The van der Waals surface area contributed by atoms with Crippen molar-refractivity contribution in [2.45, 2.75) is 55.3 Å². The quantitative estimate of drug-likeness (QED) is 0.0758. The molecule has 0 radical (unpaired) electrons. The molecule has 29 nitrogen and oxygen atoms in total. The highest BCUT2D eigenvalue weighted by molar-refractivity contribution is 7.45. The van der Waals surface area contributed by atoms with Gasteiger partial charge in [-0.05, 0) is 0 Å². The van der Waals surface area contributed by atoms with Crippen molar-refractivity contribution in [2.24, 2.45) is 0 Å². The number of aromatic amines is 1.